The Morgan fingerprint density at radius 2 is 1.61 bits per heavy atom. The Hall–Kier alpha value is -1.60. The molecule has 0 aromatic heterocycles. The molecule has 0 radical (unpaired) electrons. The van der Waals surface area contributed by atoms with Gasteiger partial charge in [-0.1, -0.05) is 56.3 Å². The molecule has 0 saturated heterocycles. The van der Waals surface area contributed by atoms with Crippen molar-refractivity contribution in [3.05, 3.63) is 59.7 Å². The molecular weight excluding hydrogens is 220 g/mol. The minimum absolute atomic E-state index is 0.420. The third-order valence-corrected chi connectivity index (χ3v) is 3.26. The first-order chi connectivity index (χ1) is 8.59. The fourth-order valence-corrected chi connectivity index (χ4v) is 2.23. The molecule has 0 aliphatic carbocycles. The molecule has 1 unspecified atom stereocenters. The summed E-state index contributed by atoms with van der Waals surface area (Å²) in [5, 5.41) is 9.67. The third kappa shape index (κ3) is 2.62. The summed E-state index contributed by atoms with van der Waals surface area (Å²) in [4.78, 5) is 0. The molecule has 0 spiro atoms. The minimum Gasteiger partial charge on any atom is -0.389 e. The lowest BCUT2D eigenvalue weighted by Crippen LogP contribution is -1.94. The van der Waals surface area contributed by atoms with E-state index in [0.29, 0.717) is 5.92 Å². The number of hydrogen-bond donors (Lipinski definition) is 1. The van der Waals surface area contributed by atoms with Crippen molar-refractivity contribution in [3.8, 4) is 11.1 Å². The monoisotopic (exact) mass is 240 g/mol. The van der Waals surface area contributed by atoms with Crippen LogP contribution in [0.4, 0.5) is 0 Å². The van der Waals surface area contributed by atoms with E-state index in [0.717, 1.165) is 5.56 Å². The van der Waals surface area contributed by atoms with E-state index >= 15 is 0 Å². The smallest absolute Gasteiger partial charge is 0.0762 e. The molecule has 2 rings (SSSR count). The number of benzene rings is 2. The zero-order valence-electron chi connectivity index (χ0n) is 11.2. The van der Waals surface area contributed by atoms with Gasteiger partial charge in [-0.25, -0.2) is 0 Å². The predicted molar refractivity (Wildman–Crippen MR) is 76.6 cm³/mol. The summed E-state index contributed by atoms with van der Waals surface area (Å²) in [5.74, 6) is 0.497. The van der Waals surface area contributed by atoms with Crippen molar-refractivity contribution in [2.24, 2.45) is 0 Å². The molecule has 2 aromatic rings. The van der Waals surface area contributed by atoms with E-state index in [1.54, 1.807) is 6.92 Å². The highest BCUT2D eigenvalue weighted by Gasteiger charge is 2.09. The molecule has 0 saturated carbocycles. The van der Waals surface area contributed by atoms with Gasteiger partial charge in [0.1, 0.15) is 0 Å². The van der Waals surface area contributed by atoms with Crippen LogP contribution < -0.4 is 0 Å². The Balaban J connectivity index is 2.52. The summed E-state index contributed by atoms with van der Waals surface area (Å²) in [7, 11) is 0. The normalized spacial score (nSPS) is 12.7. The molecule has 0 fully saturated rings. The van der Waals surface area contributed by atoms with Crippen LogP contribution in [0.1, 0.15) is 43.9 Å². The molecule has 94 valence electrons. The maximum absolute atomic E-state index is 9.67. The van der Waals surface area contributed by atoms with E-state index in [4.69, 9.17) is 0 Å². The quantitative estimate of drug-likeness (QED) is 0.835. The molecule has 0 heterocycles. The van der Waals surface area contributed by atoms with Gasteiger partial charge in [-0.05, 0) is 41.2 Å². The Morgan fingerprint density at radius 3 is 2.28 bits per heavy atom. The van der Waals surface area contributed by atoms with Crippen LogP contribution in [0, 0.1) is 0 Å². The number of aliphatic hydroxyl groups is 1. The van der Waals surface area contributed by atoms with Crippen molar-refractivity contribution in [2.45, 2.75) is 32.8 Å². The summed E-state index contributed by atoms with van der Waals surface area (Å²) < 4.78 is 0. The van der Waals surface area contributed by atoms with E-state index in [1.165, 1.54) is 16.7 Å². The number of aliphatic hydroxyl groups excluding tert-OH is 1. The van der Waals surface area contributed by atoms with Crippen LogP contribution in [-0.2, 0) is 0 Å². The Bertz CT molecular complexity index is 527. The molecule has 1 atom stereocenters. The van der Waals surface area contributed by atoms with E-state index in [-0.39, 0.29) is 0 Å². The average molecular weight is 240 g/mol. The molecule has 0 bridgehead atoms. The number of hydrogen-bond acceptors (Lipinski definition) is 1. The Labute approximate surface area is 109 Å². The summed E-state index contributed by atoms with van der Waals surface area (Å²) in [6, 6.07) is 16.6. The second-order valence-corrected chi connectivity index (χ2v) is 5.04. The van der Waals surface area contributed by atoms with Crippen LogP contribution in [0.15, 0.2) is 48.5 Å². The molecular formula is C17H20O. The molecule has 0 aliphatic heterocycles. The molecule has 1 N–H and O–H groups in total. The minimum atomic E-state index is -0.420. The van der Waals surface area contributed by atoms with Gasteiger partial charge < -0.3 is 5.11 Å². The molecule has 18 heavy (non-hydrogen) atoms. The predicted octanol–water partition coefficient (Wildman–Crippen LogP) is 4.53. The third-order valence-electron chi connectivity index (χ3n) is 3.26. The largest absolute Gasteiger partial charge is 0.389 e. The topological polar surface area (TPSA) is 20.2 Å². The van der Waals surface area contributed by atoms with Crippen molar-refractivity contribution in [2.75, 3.05) is 0 Å². The van der Waals surface area contributed by atoms with Gasteiger partial charge in [-0.3, -0.25) is 0 Å². The first-order valence-corrected chi connectivity index (χ1v) is 6.47. The van der Waals surface area contributed by atoms with Gasteiger partial charge >= 0.3 is 0 Å². The maximum atomic E-state index is 9.67. The van der Waals surface area contributed by atoms with Gasteiger partial charge in [0.15, 0.2) is 0 Å². The second-order valence-electron chi connectivity index (χ2n) is 5.04. The molecule has 1 nitrogen and oxygen atoms in total. The fourth-order valence-electron chi connectivity index (χ4n) is 2.23. The highest BCUT2D eigenvalue weighted by Crippen LogP contribution is 2.30. The van der Waals surface area contributed by atoms with Gasteiger partial charge in [0.05, 0.1) is 6.10 Å². The van der Waals surface area contributed by atoms with Crippen LogP contribution in [0.3, 0.4) is 0 Å². The van der Waals surface area contributed by atoms with Gasteiger partial charge in [0.2, 0.25) is 0 Å². The van der Waals surface area contributed by atoms with Crippen molar-refractivity contribution in [3.63, 3.8) is 0 Å². The van der Waals surface area contributed by atoms with Gasteiger partial charge in [0, 0.05) is 0 Å². The van der Waals surface area contributed by atoms with Gasteiger partial charge in [-0.2, -0.15) is 0 Å². The van der Waals surface area contributed by atoms with Crippen LogP contribution in [0.2, 0.25) is 0 Å². The fraction of sp³-hybridized carbons (Fsp3) is 0.294. The van der Waals surface area contributed by atoms with Gasteiger partial charge in [0.25, 0.3) is 0 Å². The zero-order chi connectivity index (χ0) is 13.1. The lowest BCUT2D eigenvalue weighted by atomic mass is 9.91. The highest BCUT2D eigenvalue weighted by atomic mass is 16.3. The van der Waals surface area contributed by atoms with E-state index in [9.17, 15) is 5.11 Å². The standard InChI is InChI=1S/C17H20O/c1-12(2)16-9-4-5-10-17(16)15-8-6-7-14(11-15)13(3)18/h4-13,18H,1-3H3. The first kappa shape index (κ1) is 12.8. The van der Waals surface area contributed by atoms with Crippen LogP contribution in [0.25, 0.3) is 11.1 Å². The van der Waals surface area contributed by atoms with Crippen LogP contribution >= 0.6 is 0 Å². The number of rotatable bonds is 3. The molecule has 0 aliphatic rings. The first-order valence-electron chi connectivity index (χ1n) is 6.47. The van der Waals surface area contributed by atoms with Crippen molar-refractivity contribution >= 4 is 0 Å². The lowest BCUT2D eigenvalue weighted by molar-refractivity contribution is 0.199. The van der Waals surface area contributed by atoms with Crippen molar-refractivity contribution in [1.82, 2.24) is 0 Å². The lowest BCUT2D eigenvalue weighted by Gasteiger charge is -2.14. The van der Waals surface area contributed by atoms with E-state index in [2.05, 4.69) is 50.2 Å². The highest BCUT2D eigenvalue weighted by molar-refractivity contribution is 5.68. The van der Waals surface area contributed by atoms with E-state index in [1.807, 2.05) is 12.1 Å². The average Bonchev–Trinajstić information content (AvgIpc) is 2.39. The second kappa shape index (κ2) is 5.36. The summed E-state index contributed by atoms with van der Waals surface area (Å²) in [6.45, 7) is 6.21. The molecule has 1 heteroatoms. The maximum Gasteiger partial charge on any atom is 0.0762 e. The molecule has 0 amide bonds. The van der Waals surface area contributed by atoms with E-state index < -0.39 is 6.10 Å². The summed E-state index contributed by atoms with van der Waals surface area (Å²) >= 11 is 0. The summed E-state index contributed by atoms with van der Waals surface area (Å²) in [6.07, 6.45) is -0.420. The molecule has 2 aromatic carbocycles. The SMILES string of the molecule is CC(C)c1ccccc1-c1cccc(C(C)O)c1. The van der Waals surface area contributed by atoms with Crippen molar-refractivity contribution in [1.29, 1.82) is 0 Å². The van der Waals surface area contributed by atoms with Crippen molar-refractivity contribution < 1.29 is 5.11 Å². The Morgan fingerprint density at radius 1 is 0.889 bits per heavy atom. The van der Waals surface area contributed by atoms with Crippen LogP contribution in [-0.4, -0.2) is 5.11 Å². The zero-order valence-corrected chi connectivity index (χ0v) is 11.2. The summed E-state index contributed by atoms with van der Waals surface area (Å²) in [5.41, 5.74) is 4.75. The Kier molecular flexibility index (Phi) is 3.83. The van der Waals surface area contributed by atoms with Crippen LogP contribution in [0.5, 0.6) is 0 Å². The van der Waals surface area contributed by atoms with Gasteiger partial charge in [-0.15, -0.1) is 0 Å².